The predicted octanol–water partition coefficient (Wildman–Crippen LogP) is 5.30. The lowest BCUT2D eigenvalue weighted by molar-refractivity contribution is 0.368. The zero-order valence-corrected chi connectivity index (χ0v) is 15.4. The normalized spacial score (nSPS) is 13.3. The molecule has 1 aromatic carbocycles. The summed E-state index contributed by atoms with van der Waals surface area (Å²) in [4.78, 5) is 1.45. The van der Waals surface area contributed by atoms with E-state index < -0.39 is 0 Å². The fraction of sp³-hybridized carbons (Fsp3) is 0.444. The van der Waals surface area contributed by atoms with E-state index in [0.29, 0.717) is 5.92 Å². The van der Waals surface area contributed by atoms with E-state index in [9.17, 15) is 0 Å². The molecule has 1 unspecified atom stereocenters. The first-order valence-corrected chi connectivity index (χ1v) is 9.12. The van der Waals surface area contributed by atoms with Gasteiger partial charge in [-0.1, -0.05) is 30.3 Å². The highest BCUT2D eigenvalue weighted by Gasteiger charge is 2.17. The molecule has 0 amide bonds. The second-order valence-corrected chi connectivity index (χ2v) is 8.44. The number of rotatable bonds is 6. The number of benzene rings is 1. The van der Waals surface area contributed by atoms with Crippen molar-refractivity contribution in [3.8, 4) is 0 Å². The van der Waals surface area contributed by atoms with Crippen LogP contribution in [0.2, 0.25) is 0 Å². The molecule has 0 fully saturated rings. The molecule has 0 spiro atoms. The molecule has 0 bridgehead atoms. The minimum Gasteiger partial charge on any atom is -0.312 e. The summed E-state index contributed by atoms with van der Waals surface area (Å²) in [6, 6.07) is 13.0. The number of hydrogen-bond acceptors (Lipinski definition) is 2. The lowest BCUT2D eigenvalue weighted by Gasteiger charge is -2.25. The van der Waals surface area contributed by atoms with Crippen LogP contribution in [0.5, 0.6) is 0 Å². The zero-order chi connectivity index (χ0) is 15.3. The molecular weight excluding hydrogens is 342 g/mol. The zero-order valence-electron chi connectivity index (χ0n) is 13.0. The molecule has 0 aliphatic carbocycles. The number of thiophene rings is 1. The molecule has 114 valence electrons. The molecule has 2 aromatic rings. The van der Waals surface area contributed by atoms with Crippen LogP contribution in [0.1, 0.15) is 31.2 Å². The van der Waals surface area contributed by atoms with Gasteiger partial charge < -0.3 is 5.32 Å². The van der Waals surface area contributed by atoms with E-state index in [4.69, 9.17) is 0 Å². The van der Waals surface area contributed by atoms with Crippen LogP contribution in [0.15, 0.2) is 46.3 Å². The summed E-state index contributed by atoms with van der Waals surface area (Å²) < 4.78 is 1.25. The Kier molecular flexibility index (Phi) is 6.03. The highest BCUT2D eigenvalue weighted by Crippen LogP contribution is 2.26. The molecule has 1 heterocycles. The number of halogens is 1. The van der Waals surface area contributed by atoms with Crippen LogP contribution >= 0.6 is 27.3 Å². The van der Waals surface area contributed by atoms with E-state index in [1.54, 1.807) is 0 Å². The van der Waals surface area contributed by atoms with Crippen molar-refractivity contribution in [2.45, 2.75) is 39.2 Å². The Balaban J connectivity index is 2.04. The van der Waals surface area contributed by atoms with Gasteiger partial charge in [-0.05, 0) is 79.0 Å². The van der Waals surface area contributed by atoms with Gasteiger partial charge in [0.15, 0.2) is 0 Å². The van der Waals surface area contributed by atoms with Crippen LogP contribution < -0.4 is 5.32 Å². The average molecular weight is 366 g/mol. The van der Waals surface area contributed by atoms with Crippen molar-refractivity contribution in [3.05, 3.63) is 56.7 Å². The molecule has 0 radical (unpaired) electrons. The SMILES string of the molecule is CC(C)(C)NCC(Cc1ccccc1)Cc1sccc1Br. The molecule has 1 N–H and O–H groups in total. The van der Waals surface area contributed by atoms with Gasteiger partial charge in [-0.15, -0.1) is 11.3 Å². The lowest BCUT2D eigenvalue weighted by atomic mass is 9.94. The van der Waals surface area contributed by atoms with Crippen molar-refractivity contribution in [3.63, 3.8) is 0 Å². The van der Waals surface area contributed by atoms with Crippen LogP contribution in [0.3, 0.4) is 0 Å². The molecule has 0 saturated carbocycles. The van der Waals surface area contributed by atoms with Crippen molar-refractivity contribution >= 4 is 27.3 Å². The Morgan fingerprint density at radius 3 is 2.38 bits per heavy atom. The topological polar surface area (TPSA) is 12.0 Å². The van der Waals surface area contributed by atoms with Crippen molar-refractivity contribution < 1.29 is 0 Å². The van der Waals surface area contributed by atoms with Crippen LogP contribution in [0.25, 0.3) is 0 Å². The van der Waals surface area contributed by atoms with Gasteiger partial charge in [0.2, 0.25) is 0 Å². The minimum atomic E-state index is 0.168. The molecule has 0 aliphatic rings. The number of nitrogens with one attached hydrogen (secondary N) is 1. The number of hydrogen-bond donors (Lipinski definition) is 1. The highest BCUT2D eigenvalue weighted by atomic mass is 79.9. The van der Waals surface area contributed by atoms with Crippen LogP contribution in [-0.2, 0) is 12.8 Å². The fourth-order valence-corrected chi connectivity index (χ4v) is 3.98. The Morgan fingerprint density at radius 2 is 1.81 bits per heavy atom. The smallest absolute Gasteiger partial charge is 0.0314 e. The third kappa shape index (κ3) is 5.93. The van der Waals surface area contributed by atoms with Crippen molar-refractivity contribution in [1.82, 2.24) is 5.32 Å². The van der Waals surface area contributed by atoms with Gasteiger partial charge in [-0.25, -0.2) is 0 Å². The summed E-state index contributed by atoms with van der Waals surface area (Å²) in [5, 5.41) is 5.83. The molecule has 1 aromatic heterocycles. The van der Waals surface area contributed by atoms with Gasteiger partial charge in [0.1, 0.15) is 0 Å². The largest absolute Gasteiger partial charge is 0.312 e. The van der Waals surface area contributed by atoms with Crippen molar-refractivity contribution in [2.24, 2.45) is 5.92 Å². The van der Waals surface area contributed by atoms with Crippen molar-refractivity contribution in [2.75, 3.05) is 6.54 Å². The van der Waals surface area contributed by atoms with E-state index in [1.807, 2.05) is 11.3 Å². The molecular formula is C18H24BrNS. The monoisotopic (exact) mass is 365 g/mol. The second-order valence-electron chi connectivity index (χ2n) is 6.58. The van der Waals surface area contributed by atoms with Gasteiger partial charge in [-0.3, -0.25) is 0 Å². The fourth-order valence-electron chi connectivity index (χ4n) is 2.35. The maximum absolute atomic E-state index is 3.66. The average Bonchev–Trinajstić information content (AvgIpc) is 2.82. The summed E-state index contributed by atoms with van der Waals surface area (Å²) in [5.41, 5.74) is 1.59. The molecule has 1 nitrogen and oxygen atoms in total. The molecule has 2 rings (SSSR count). The van der Waals surface area contributed by atoms with E-state index in [-0.39, 0.29) is 5.54 Å². The van der Waals surface area contributed by atoms with Gasteiger partial charge in [0.25, 0.3) is 0 Å². The van der Waals surface area contributed by atoms with Crippen LogP contribution in [-0.4, -0.2) is 12.1 Å². The molecule has 21 heavy (non-hydrogen) atoms. The molecule has 3 heteroatoms. The minimum absolute atomic E-state index is 0.168. The summed E-state index contributed by atoms with van der Waals surface area (Å²) in [7, 11) is 0. The van der Waals surface area contributed by atoms with Gasteiger partial charge >= 0.3 is 0 Å². The molecule has 1 atom stereocenters. The van der Waals surface area contributed by atoms with Crippen molar-refractivity contribution in [1.29, 1.82) is 0 Å². The Hall–Kier alpha value is -0.640. The van der Waals surface area contributed by atoms with E-state index in [2.05, 4.69) is 83.8 Å². The highest BCUT2D eigenvalue weighted by molar-refractivity contribution is 9.10. The standard InChI is InChI=1S/C18H24BrNS/c1-18(2,3)20-13-15(11-14-7-5-4-6-8-14)12-17-16(19)9-10-21-17/h4-10,15,20H,11-13H2,1-3H3. The molecule has 0 aliphatic heterocycles. The third-order valence-electron chi connectivity index (χ3n) is 3.45. The Bertz CT molecular complexity index is 542. The van der Waals surface area contributed by atoms with Gasteiger partial charge in [-0.2, -0.15) is 0 Å². The second kappa shape index (κ2) is 7.57. The maximum Gasteiger partial charge on any atom is 0.0314 e. The van der Waals surface area contributed by atoms with E-state index in [1.165, 1.54) is 14.9 Å². The first-order chi connectivity index (χ1) is 9.94. The summed E-state index contributed by atoms with van der Waals surface area (Å²) >= 11 is 5.51. The summed E-state index contributed by atoms with van der Waals surface area (Å²) in [6.45, 7) is 7.73. The summed E-state index contributed by atoms with van der Waals surface area (Å²) in [5.74, 6) is 0.613. The Morgan fingerprint density at radius 1 is 1.10 bits per heavy atom. The van der Waals surface area contributed by atoms with E-state index >= 15 is 0 Å². The van der Waals surface area contributed by atoms with Crippen LogP contribution in [0.4, 0.5) is 0 Å². The predicted molar refractivity (Wildman–Crippen MR) is 97.1 cm³/mol. The lowest BCUT2D eigenvalue weighted by Crippen LogP contribution is -2.40. The third-order valence-corrected chi connectivity index (χ3v) is 5.40. The summed E-state index contributed by atoms with van der Waals surface area (Å²) in [6.07, 6.45) is 2.24. The quantitative estimate of drug-likeness (QED) is 0.732. The first kappa shape index (κ1) is 16.7. The molecule has 0 saturated heterocycles. The Labute approximate surface area is 140 Å². The first-order valence-electron chi connectivity index (χ1n) is 7.45. The maximum atomic E-state index is 3.66. The van der Waals surface area contributed by atoms with E-state index in [0.717, 1.165) is 19.4 Å². The van der Waals surface area contributed by atoms with Gasteiger partial charge in [0, 0.05) is 14.9 Å². The van der Waals surface area contributed by atoms with Crippen LogP contribution in [0, 0.1) is 5.92 Å². The van der Waals surface area contributed by atoms with Gasteiger partial charge in [0.05, 0.1) is 0 Å².